The van der Waals surface area contributed by atoms with E-state index in [1.54, 1.807) is 6.92 Å². The van der Waals surface area contributed by atoms with Crippen LogP contribution in [0.4, 0.5) is 0 Å². The van der Waals surface area contributed by atoms with Crippen LogP contribution in [0, 0.1) is 6.92 Å². The smallest absolute Gasteiger partial charge is 0.204 e. The first-order valence-corrected chi connectivity index (χ1v) is 10.4. The highest BCUT2D eigenvalue weighted by Crippen LogP contribution is 2.45. The maximum absolute atomic E-state index is 13.5. The quantitative estimate of drug-likeness (QED) is 0.563. The summed E-state index contributed by atoms with van der Waals surface area (Å²) in [5, 5.41) is 31.5. The van der Waals surface area contributed by atoms with E-state index in [-0.39, 0.29) is 33.8 Å². The lowest BCUT2D eigenvalue weighted by Gasteiger charge is -2.30. The molecule has 4 rings (SSSR count). The van der Waals surface area contributed by atoms with Gasteiger partial charge in [-0.2, -0.15) is 0 Å². The van der Waals surface area contributed by atoms with Gasteiger partial charge in [0.1, 0.15) is 40.2 Å². The Balaban J connectivity index is 2.02. The first-order chi connectivity index (χ1) is 15.0. The second kappa shape index (κ2) is 7.60. The van der Waals surface area contributed by atoms with E-state index < -0.39 is 11.0 Å². The zero-order chi connectivity index (χ0) is 23.4. The van der Waals surface area contributed by atoms with Crippen LogP contribution < -0.4 is 10.2 Å². The molecule has 0 radical (unpaired) electrons. The van der Waals surface area contributed by atoms with Crippen molar-refractivity contribution in [3.63, 3.8) is 0 Å². The monoisotopic (exact) mass is 437 g/mol. The van der Waals surface area contributed by atoms with Crippen molar-refractivity contribution in [3.05, 3.63) is 51.4 Å². The van der Waals surface area contributed by atoms with E-state index in [4.69, 9.17) is 9.15 Å². The first kappa shape index (κ1) is 21.8. The minimum absolute atomic E-state index is 0.0440. The highest BCUT2D eigenvalue weighted by Gasteiger charge is 2.30. The number of rotatable bonds is 4. The Morgan fingerprint density at radius 3 is 2.38 bits per heavy atom. The predicted octanol–water partition coefficient (Wildman–Crippen LogP) is 4.17. The maximum atomic E-state index is 13.5. The normalized spacial score (nSPS) is 14.6. The molecule has 0 spiro atoms. The van der Waals surface area contributed by atoms with Crippen LogP contribution in [0.15, 0.2) is 33.7 Å². The SMILES string of the molecule is Cc1c(O)cc(-c2coc3c4c(c(CCN(C)C)c(O)c3c2=O)OC(C)(C)C=C4)cc1O. The number of nitrogens with zero attached hydrogens (tertiary/aromatic N) is 1. The molecule has 2 heterocycles. The van der Waals surface area contributed by atoms with Crippen LogP contribution in [0.1, 0.15) is 30.5 Å². The summed E-state index contributed by atoms with van der Waals surface area (Å²) in [6, 6.07) is 2.78. The Hall–Kier alpha value is -3.45. The molecule has 0 aliphatic carbocycles. The molecule has 7 nitrogen and oxygen atoms in total. The summed E-state index contributed by atoms with van der Waals surface area (Å²) in [6.07, 6.45) is 5.48. The lowest BCUT2D eigenvalue weighted by molar-refractivity contribution is 0.156. The van der Waals surface area contributed by atoms with Crippen molar-refractivity contribution in [3.8, 4) is 34.1 Å². The second-order valence-electron chi connectivity index (χ2n) is 8.98. The Morgan fingerprint density at radius 1 is 1.09 bits per heavy atom. The number of benzene rings is 2. The number of phenols is 3. The Kier molecular flexibility index (Phi) is 5.17. The van der Waals surface area contributed by atoms with E-state index in [0.717, 1.165) is 0 Å². The molecule has 1 aromatic heterocycles. The Morgan fingerprint density at radius 2 is 1.75 bits per heavy atom. The largest absolute Gasteiger partial charge is 0.508 e. The molecule has 7 heteroatoms. The molecule has 1 aliphatic heterocycles. The van der Waals surface area contributed by atoms with Crippen molar-refractivity contribution in [2.75, 3.05) is 20.6 Å². The zero-order valence-electron chi connectivity index (χ0n) is 18.8. The van der Waals surface area contributed by atoms with E-state index in [2.05, 4.69) is 0 Å². The summed E-state index contributed by atoms with van der Waals surface area (Å²) < 4.78 is 12.0. The number of phenolic OH excluding ortho intramolecular Hbond substituents is 3. The third-order valence-electron chi connectivity index (χ3n) is 5.77. The van der Waals surface area contributed by atoms with Crippen molar-refractivity contribution in [1.82, 2.24) is 4.90 Å². The van der Waals surface area contributed by atoms with E-state index >= 15 is 0 Å². The molecule has 0 unspecified atom stereocenters. The number of ether oxygens (including phenoxy) is 1. The molecule has 0 bridgehead atoms. The lowest BCUT2D eigenvalue weighted by Crippen LogP contribution is -2.29. The Bertz CT molecular complexity index is 1290. The molecule has 1 aliphatic rings. The minimum atomic E-state index is -0.572. The van der Waals surface area contributed by atoms with Gasteiger partial charge in [-0.1, -0.05) is 0 Å². The van der Waals surface area contributed by atoms with E-state index in [1.165, 1.54) is 18.4 Å². The van der Waals surface area contributed by atoms with Gasteiger partial charge in [-0.05, 0) is 71.1 Å². The fourth-order valence-corrected chi connectivity index (χ4v) is 3.86. The maximum Gasteiger partial charge on any atom is 0.204 e. The van der Waals surface area contributed by atoms with Crippen LogP contribution in [0.25, 0.3) is 28.2 Å². The molecule has 3 aromatic rings. The van der Waals surface area contributed by atoms with Gasteiger partial charge in [-0.3, -0.25) is 4.79 Å². The topological polar surface area (TPSA) is 103 Å². The van der Waals surface area contributed by atoms with Crippen LogP contribution in [0.3, 0.4) is 0 Å². The number of aromatic hydroxyl groups is 3. The van der Waals surface area contributed by atoms with Gasteiger partial charge in [0.25, 0.3) is 0 Å². The summed E-state index contributed by atoms with van der Waals surface area (Å²) in [6.45, 7) is 6.04. The highest BCUT2D eigenvalue weighted by molar-refractivity contribution is 5.97. The summed E-state index contributed by atoms with van der Waals surface area (Å²) >= 11 is 0. The highest BCUT2D eigenvalue weighted by atomic mass is 16.5. The average Bonchev–Trinajstić information content (AvgIpc) is 2.70. The zero-order valence-corrected chi connectivity index (χ0v) is 18.8. The summed E-state index contributed by atoms with van der Waals surface area (Å²) in [4.78, 5) is 15.5. The van der Waals surface area contributed by atoms with Gasteiger partial charge in [-0.15, -0.1) is 0 Å². The molecule has 2 aromatic carbocycles. The van der Waals surface area contributed by atoms with Crippen molar-refractivity contribution in [1.29, 1.82) is 0 Å². The molecule has 0 atom stereocenters. The standard InChI is InChI=1S/C25H27NO6/c1-13-18(27)10-14(11-19(13)28)17-12-31-24-16-6-8-25(2,3)32-23(16)15(7-9-26(4)5)21(29)20(24)22(17)30/h6,8,10-12,27-29H,7,9H2,1-5H3. The van der Waals surface area contributed by atoms with Gasteiger partial charge in [0.2, 0.25) is 5.43 Å². The van der Waals surface area contributed by atoms with Crippen molar-refractivity contribution < 1.29 is 24.5 Å². The first-order valence-electron chi connectivity index (χ1n) is 10.4. The van der Waals surface area contributed by atoms with E-state index in [1.807, 2.05) is 45.0 Å². The fourth-order valence-electron chi connectivity index (χ4n) is 3.86. The number of likely N-dealkylation sites (N-methyl/N-ethyl adjacent to an activating group) is 1. The fraction of sp³-hybridized carbons (Fsp3) is 0.320. The second-order valence-corrected chi connectivity index (χ2v) is 8.98. The third kappa shape index (κ3) is 3.58. The van der Waals surface area contributed by atoms with Gasteiger partial charge < -0.3 is 29.4 Å². The van der Waals surface area contributed by atoms with Crippen LogP contribution in [0.5, 0.6) is 23.0 Å². The van der Waals surface area contributed by atoms with Crippen LogP contribution >= 0.6 is 0 Å². The summed E-state index contributed by atoms with van der Waals surface area (Å²) in [5.41, 5.74) is 1.07. The lowest BCUT2D eigenvalue weighted by atomic mass is 9.93. The van der Waals surface area contributed by atoms with Crippen molar-refractivity contribution >= 4 is 17.0 Å². The van der Waals surface area contributed by atoms with Gasteiger partial charge in [0, 0.05) is 17.7 Å². The van der Waals surface area contributed by atoms with Gasteiger partial charge in [0.15, 0.2) is 5.58 Å². The molecular weight excluding hydrogens is 410 g/mol. The van der Waals surface area contributed by atoms with Crippen molar-refractivity contribution in [2.24, 2.45) is 0 Å². The summed E-state index contributed by atoms with van der Waals surface area (Å²) in [7, 11) is 3.86. The molecular formula is C25H27NO6. The summed E-state index contributed by atoms with van der Waals surface area (Å²) in [5.74, 6) is 0.0486. The molecule has 32 heavy (non-hydrogen) atoms. The third-order valence-corrected chi connectivity index (χ3v) is 5.77. The van der Waals surface area contributed by atoms with Crippen LogP contribution in [-0.4, -0.2) is 46.5 Å². The molecule has 0 fully saturated rings. The molecule has 3 N–H and O–H groups in total. The van der Waals surface area contributed by atoms with Gasteiger partial charge >= 0.3 is 0 Å². The molecule has 0 saturated carbocycles. The average molecular weight is 437 g/mol. The van der Waals surface area contributed by atoms with Crippen molar-refractivity contribution in [2.45, 2.75) is 32.8 Å². The predicted molar refractivity (Wildman–Crippen MR) is 124 cm³/mol. The number of hydrogen-bond donors (Lipinski definition) is 3. The molecule has 0 amide bonds. The number of hydrogen-bond acceptors (Lipinski definition) is 7. The van der Waals surface area contributed by atoms with Crippen LogP contribution in [-0.2, 0) is 6.42 Å². The van der Waals surface area contributed by atoms with Gasteiger partial charge in [0.05, 0.1) is 11.1 Å². The van der Waals surface area contributed by atoms with E-state index in [9.17, 15) is 20.1 Å². The molecule has 0 saturated heterocycles. The Labute approximate surface area is 185 Å². The molecule has 168 valence electrons. The van der Waals surface area contributed by atoms with Gasteiger partial charge in [-0.25, -0.2) is 0 Å². The van der Waals surface area contributed by atoms with E-state index in [0.29, 0.717) is 41.0 Å². The van der Waals surface area contributed by atoms with Crippen LogP contribution in [0.2, 0.25) is 0 Å². The number of fused-ring (bicyclic) bond motifs is 3. The minimum Gasteiger partial charge on any atom is -0.508 e.